The van der Waals surface area contributed by atoms with Crippen LogP contribution in [-0.2, 0) is 21.7 Å². The number of nitrogens with zero attached hydrogens (tertiary/aromatic N) is 7. The average Bonchev–Trinajstić information content (AvgIpc) is 3.82. The van der Waals surface area contributed by atoms with Gasteiger partial charge in [0, 0.05) is 34.0 Å². The lowest BCUT2D eigenvalue weighted by atomic mass is 9.64. The first kappa shape index (κ1) is 46.8. The van der Waals surface area contributed by atoms with Gasteiger partial charge in [0.05, 0.1) is 33.3 Å². The van der Waals surface area contributed by atoms with Crippen molar-refractivity contribution in [1.82, 2.24) is 34.9 Å². The molecule has 75 heavy (non-hydrogen) atoms. The molecule has 0 atom stereocenters. The van der Waals surface area contributed by atoms with E-state index in [-0.39, 0.29) is 10.8 Å². The molecule has 4 heterocycles. The molecule has 4 aromatic heterocycles. The molecule has 0 N–H and O–H groups in total. The third-order valence-electron chi connectivity index (χ3n) is 15.7. The van der Waals surface area contributed by atoms with Crippen molar-refractivity contribution in [2.45, 2.75) is 49.4 Å². The first-order valence-electron chi connectivity index (χ1n) is 25.6. The lowest BCUT2D eigenvalue weighted by molar-refractivity contribution is 0.613. The van der Waals surface area contributed by atoms with Crippen molar-refractivity contribution in [2.24, 2.45) is 0 Å². The van der Waals surface area contributed by atoms with E-state index in [1.807, 2.05) is 24.5 Å². The van der Waals surface area contributed by atoms with Crippen molar-refractivity contribution >= 4 is 21.8 Å². The average molecular weight is 970 g/mol. The molecule has 12 aromatic rings. The number of hydrogen-bond donors (Lipinski definition) is 0. The zero-order valence-corrected chi connectivity index (χ0v) is 42.5. The maximum atomic E-state index is 4.86. The van der Waals surface area contributed by atoms with Crippen LogP contribution >= 0.6 is 0 Å². The van der Waals surface area contributed by atoms with Crippen LogP contribution in [0, 0.1) is 0 Å². The van der Waals surface area contributed by atoms with E-state index in [1.54, 1.807) is 0 Å². The standard InChI is InChI=1S/C68H55N7/c1-65(2,62-35-17-19-41-69-62)52-31-21-33-54(43-52)67(48-23-9-5-10-24-48,49-25-11-6-12-26-49)56-37-39-58-59-40-38-57(46-61(59)75(60(58)45-56)64-73-71-47-72-74-64)68(50-27-13-7-14-28-50,51-29-15-8-16-30-51)55-34-22-32-53(44-55)66(3,4)63-36-18-20-42-70-63/h5-47H,1-4H3. The van der Waals surface area contributed by atoms with Crippen LogP contribution in [0.3, 0.4) is 0 Å². The van der Waals surface area contributed by atoms with Gasteiger partial charge in [0.25, 0.3) is 5.95 Å². The van der Waals surface area contributed by atoms with Crippen LogP contribution in [0.15, 0.2) is 261 Å². The van der Waals surface area contributed by atoms with Crippen LogP contribution in [0.4, 0.5) is 0 Å². The number of rotatable bonds is 13. The third-order valence-corrected chi connectivity index (χ3v) is 15.7. The monoisotopic (exact) mass is 969 g/mol. The Morgan fingerprint density at radius 1 is 0.307 bits per heavy atom. The van der Waals surface area contributed by atoms with Gasteiger partial charge in [-0.15, -0.1) is 20.4 Å². The van der Waals surface area contributed by atoms with E-state index in [0.29, 0.717) is 5.95 Å². The molecular weight excluding hydrogens is 915 g/mol. The fourth-order valence-electron chi connectivity index (χ4n) is 11.8. The summed E-state index contributed by atoms with van der Waals surface area (Å²) >= 11 is 0. The van der Waals surface area contributed by atoms with Gasteiger partial charge in [0.2, 0.25) is 0 Å². The Morgan fingerprint density at radius 2 is 0.640 bits per heavy atom. The molecule has 7 heteroatoms. The molecule has 362 valence electrons. The summed E-state index contributed by atoms with van der Waals surface area (Å²) in [4.78, 5) is 9.71. The minimum absolute atomic E-state index is 0.375. The van der Waals surface area contributed by atoms with Crippen LogP contribution < -0.4 is 0 Å². The molecule has 0 spiro atoms. The second kappa shape index (κ2) is 19.0. The second-order valence-electron chi connectivity index (χ2n) is 20.5. The fourth-order valence-corrected chi connectivity index (χ4v) is 11.8. The molecule has 0 saturated heterocycles. The van der Waals surface area contributed by atoms with Crippen LogP contribution in [0.25, 0.3) is 27.8 Å². The lowest BCUT2D eigenvalue weighted by Crippen LogP contribution is -2.32. The maximum Gasteiger partial charge on any atom is 0.273 e. The Labute approximate surface area is 438 Å². The highest BCUT2D eigenvalue weighted by Gasteiger charge is 2.42. The van der Waals surface area contributed by atoms with Gasteiger partial charge in [-0.1, -0.05) is 234 Å². The molecule has 7 nitrogen and oxygen atoms in total. The molecule has 0 aliphatic rings. The quantitative estimate of drug-likeness (QED) is 0.107. The fraction of sp³-hybridized carbons (Fsp3) is 0.118. The van der Waals surface area contributed by atoms with Crippen molar-refractivity contribution in [3.63, 3.8) is 0 Å². The van der Waals surface area contributed by atoms with Crippen molar-refractivity contribution in [1.29, 1.82) is 0 Å². The van der Waals surface area contributed by atoms with E-state index in [2.05, 4.69) is 273 Å². The van der Waals surface area contributed by atoms with Gasteiger partial charge >= 0.3 is 0 Å². The summed E-state index contributed by atoms with van der Waals surface area (Å²) in [5.74, 6) is 0.375. The van der Waals surface area contributed by atoms with Gasteiger partial charge < -0.3 is 0 Å². The Hall–Kier alpha value is -9.20. The van der Waals surface area contributed by atoms with Gasteiger partial charge in [-0.3, -0.25) is 14.5 Å². The molecule has 0 unspecified atom stereocenters. The van der Waals surface area contributed by atoms with Crippen LogP contribution in [0.2, 0.25) is 0 Å². The summed E-state index contributed by atoms with van der Waals surface area (Å²) in [6.07, 6.45) is 5.15. The number of aromatic nitrogens is 7. The Kier molecular flexibility index (Phi) is 11.9. The molecule has 0 amide bonds. The molecule has 0 aliphatic carbocycles. The molecular formula is C68H55N7. The highest BCUT2D eigenvalue weighted by molar-refractivity contribution is 6.09. The molecule has 0 bridgehead atoms. The largest absolute Gasteiger partial charge is 0.275 e. The maximum absolute atomic E-state index is 4.86. The molecule has 0 saturated carbocycles. The first-order chi connectivity index (χ1) is 36.7. The number of fused-ring (bicyclic) bond motifs is 3. The zero-order chi connectivity index (χ0) is 51.0. The van der Waals surface area contributed by atoms with Gasteiger partial charge in [0.15, 0.2) is 6.33 Å². The predicted octanol–water partition coefficient (Wildman–Crippen LogP) is 14.6. The normalized spacial score (nSPS) is 12.3. The van der Waals surface area contributed by atoms with E-state index in [1.165, 1.54) is 17.5 Å². The highest BCUT2D eigenvalue weighted by atomic mass is 15.3. The summed E-state index contributed by atoms with van der Waals surface area (Å²) in [5.41, 5.74) is 12.8. The Morgan fingerprint density at radius 3 is 1.00 bits per heavy atom. The Balaban J connectivity index is 1.15. The molecule has 8 aromatic carbocycles. The highest BCUT2D eigenvalue weighted by Crippen LogP contribution is 2.50. The van der Waals surface area contributed by atoms with Gasteiger partial charge in [-0.2, -0.15) is 0 Å². The molecule has 0 fully saturated rings. The van der Waals surface area contributed by atoms with Gasteiger partial charge in [-0.25, -0.2) is 0 Å². The minimum atomic E-state index is -0.781. The smallest absolute Gasteiger partial charge is 0.273 e. The van der Waals surface area contributed by atoms with Crippen molar-refractivity contribution in [3.8, 4) is 5.95 Å². The second-order valence-corrected chi connectivity index (χ2v) is 20.5. The zero-order valence-electron chi connectivity index (χ0n) is 42.5. The number of pyridine rings is 2. The van der Waals surface area contributed by atoms with E-state index in [4.69, 9.17) is 20.2 Å². The topological polar surface area (TPSA) is 82.3 Å². The van der Waals surface area contributed by atoms with Gasteiger partial charge in [-0.05, 0) is 92.0 Å². The number of hydrogen-bond acceptors (Lipinski definition) is 6. The third kappa shape index (κ3) is 7.82. The van der Waals surface area contributed by atoms with Crippen molar-refractivity contribution in [2.75, 3.05) is 0 Å². The first-order valence-corrected chi connectivity index (χ1v) is 25.6. The molecule has 0 radical (unpaired) electrons. The molecule has 0 aliphatic heterocycles. The summed E-state index contributed by atoms with van der Waals surface area (Å²) in [5, 5.41) is 20.2. The molecule has 12 rings (SSSR count). The summed E-state index contributed by atoms with van der Waals surface area (Å²) in [7, 11) is 0. The number of benzene rings is 8. The SMILES string of the molecule is CC(C)(c1cccc(C(c2ccccc2)(c2ccccc2)c2ccc3c4ccc(C(c5ccccc5)(c5ccccc5)c5cccc(C(C)(C)c6ccccn6)c5)cc4n(-c4nncnn4)c3c2)c1)c1ccccn1. The van der Waals surface area contributed by atoms with Crippen LogP contribution in [-0.4, -0.2) is 34.9 Å². The van der Waals surface area contributed by atoms with E-state index < -0.39 is 10.8 Å². The Bertz CT molecular complexity index is 3600. The predicted molar refractivity (Wildman–Crippen MR) is 301 cm³/mol. The van der Waals surface area contributed by atoms with Crippen LogP contribution in [0.1, 0.15) is 94.7 Å². The summed E-state index contributed by atoms with van der Waals surface area (Å²) < 4.78 is 2.15. The summed E-state index contributed by atoms with van der Waals surface area (Å²) in [6.45, 7) is 9.02. The van der Waals surface area contributed by atoms with E-state index in [0.717, 1.165) is 77.7 Å². The van der Waals surface area contributed by atoms with Crippen LogP contribution in [0.5, 0.6) is 0 Å². The lowest BCUT2D eigenvalue weighted by Gasteiger charge is -2.38. The summed E-state index contributed by atoms with van der Waals surface area (Å²) in [6, 6.07) is 87.9. The van der Waals surface area contributed by atoms with Crippen molar-refractivity contribution in [3.05, 3.63) is 328 Å². The van der Waals surface area contributed by atoms with E-state index in [9.17, 15) is 0 Å². The van der Waals surface area contributed by atoms with E-state index >= 15 is 0 Å². The van der Waals surface area contributed by atoms with Gasteiger partial charge in [0.1, 0.15) is 0 Å². The van der Waals surface area contributed by atoms with Crippen molar-refractivity contribution < 1.29 is 0 Å². The minimum Gasteiger partial charge on any atom is -0.275 e.